The van der Waals surface area contributed by atoms with Crippen molar-refractivity contribution in [3.63, 3.8) is 0 Å². The highest BCUT2D eigenvalue weighted by atomic mass is 79.9. The van der Waals surface area contributed by atoms with Crippen LogP contribution in [0.1, 0.15) is 16.8 Å². The number of ether oxygens (including phenoxy) is 1. The third-order valence-corrected chi connectivity index (χ3v) is 6.91. The zero-order chi connectivity index (χ0) is 20.4. The second-order valence-electron chi connectivity index (χ2n) is 6.37. The van der Waals surface area contributed by atoms with Crippen LogP contribution >= 0.6 is 39.0 Å². The number of aryl methyl sites for hydroxylation is 1. The molecule has 0 aliphatic heterocycles. The highest BCUT2D eigenvalue weighted by molar-refractivity contribution is 9.10. The molecule has 0 unspecified atom stereocenters. The third kappa shape index (κ3) is 4.22. The molecule has 0 bridgehead atoms. The molecule has 0 radical (unpaired) electrons. The SMILES string of the molecule is COc1ccc(Br)cc1-c1nc(CSc2nnnn2-c2cccc(C)c2C)cs1. The van der Waals surface area contributed by atoms with Gasteiger partial charge in [0, 0.05) is 15.6 Å². The van der Waals surface area contributed by atoms with Gasteiger partial charge in [0.2, 0.25) is 5.16 Å². The molecule has 0 fully saturated rings. The van der Waals surface area contributed by atoms with Crippen molar-refractivity contribution in [2.75, 3.05) is 7.11 Å². The van der Waals surface area contributed by atoms with Crippen LogP contribution in [0.3, 0.4) is 0 Å². The van der Waals surface area contributed by atoms with Gasteiger partial charge in [-0.3, -0.25) is 0 Å². The molecule has 0 spiro atoms. The zero-order valence-corrected chi connectivity index (χ0v) is 19.3. The number of thioether (sulfide) groups is 1. The molecule has 4 aromatic rings. The summed E-state index contributed by atoms with van der Waals surface area (Å²) in [4.78, 5) is 4.78. The molecule has 2 aromatic heterocycles. The first-order valence-corrected chi connectivity index (χ1v) is 11.5. The van der Waals surface area contributed by atoms with Crippen molar-refractivity contribution in [3.05, 3.63) is 63.1 Å². The normalized spacial score (nSPS) is 11.0. The van der Waals surface area contributed by atoms with Gasteiger partial charge in [-0.2, -0.15) is 4.68 Å². The Balaban J connectivity index is 1.55. The standard InChI is InChI=1S/C20H18BrN5OS2/c1-12-5-4-6-17(13(12)2)26-20(23-24-25-26)29-11-15-10-28-19(22-15)16-9-14(21)7-8-18(16)27-3/h4-10H,11H2,1-3H3. The quantitative estimate of drug-likeness (QED) is 0.336. The molecular weight excluding hydrogens is 470 g/mol. The molecule has 0 N–H and O–H groups in total. The van der Waals surface area contributed by atoms with E-state index in [1.54, 1.807) is 34.9 Å². The van der Waals surface area contributed by atoms with Crippen LogP contribution in [0.5, 0.6) is 5.75 Å². The summed E-state index contributed by atoms with van der Waals surface area (Å²) in [5.41, 5.74) is 5.33. The Bertz CT molecular complexity index is 1160. The van der Waals surface area contributed by atoms with Gasteiger partial charge in [-0.15, -0.1) is 16.4 Å². The lowest BCUT2D eigenvalue weighted by Crippen LogP contribution is -2.02. The summed E-state index contributed by atoms with van der Waals surface area (Å²) >= 11 is 6.69. The van der Waals surface area contributed by atoms with Gasteiger partial charge in [0.05, 0.1) is 24.1 Å². The third-order valence-electron chi connectivity index (χ3n) is 4.54. The highest BCUT2D eigenvalue weighted by Gasteiger charge is 2.15. The average molecular weight is 488 g/mol. The summed E-state index contributed by atoms with van der Waals surface area (Å²) in [5, 5.41) is 16.0. The number of tetrazole rings is 1. The van der Waals surface area contributed by atoms with Crippen molar-refractivity contribution in [1.82, 2.24) is 25.2 Å². The number of rotatable bonds is 6. The van der Waals surface area contributed by atoms with Gasteiger partial charge in [-0.05, 0) is 59.7 Å². The number of halogens is 1. The molecule has 6 nitrogen and oxygen atoms in total. The Hall–Kier alpha value is -2.23. The van der Waals surface area contributed by atoms with Crippen LogP contribution in [-0.2, 0) is 5.75 Å². The van der Waals surface area contributed by atoms with Crippen LogP contribution in [0, 0.1) is 13.8 Å². The van der Waals surface area contributed by atoms with Gasteiger partial charge in [0.1, 0.15) is 10.8 Å². The minimum absolute atomic E-state index is 0.679. The molecule has 9 heteroatoms. The van der Waals surface area contributed by atoms with Crippen molar-refractivity contribution in [3.8, 4) is 22.0 Å². The Morgan fingerprint density at radius 3 is 2.90 bits per heavy atom. The molecule has 0 atom stereocenters. The summed E-state index contributed by atoms with van der Waals surface area (Å²) in [6, 6.07) is 12.1. The van der Waals surface area contributed by atoms with E-state index in [1.807, 2.05) is 30.3 Å². The minimum Gasteiger partial charge on any atom is -0.496 e. The van der Waals surface area contributed by atoms with Crippen LogP contribution in [-0.4, -0.2) is 32.3 Å². The topological polar surface area (TPSA) is 65.7 Å². The number of nitrogens with zero attached hydrogens (tertiary/aromatic N) is 5. The molecule has 0 saturated carbocycles. The zero-order valence-electron chi connectivity index (χ0n) is 16.1. The predicted octanol–water partition coefficient (Wildman–Crippen LogP) is 5.47. The molecule has 0 amide bonds. The maximum atomic E-state index is 5.48. The van der Waals surface area contributed by atoms with Crippen molar-refractivity contribution in [1.29, 1.82) is 0 Å². The second kappa shape index (κ2) is 8.64. The molecule has 0 aliphatic rings. The number of aromatic nitrogens is 5. The van der Waals surface area contributed by atoms with Gasteiger partial charge in [0.25, 0.3) is 0 Å². The van der Waals surface area contributed by atoms with Gasteiger partial charge >= 0.3 is 0 Å². The van der Waals surface area contributed by atoms with E-state index in [2.05, 4.69) is 56.7 Å². The van der Waals surface area contributed by atoms with E-state index in [9.17, 15) is 0 Å². The highest BCUT2D eigenvalue weighted by Crippen LogP contribution is 2.35. The van der Waals surface area contributed by atoms with Crippen molar-refractivity contribution in [2.24, 2.45) is 0 Å². The second-order valence-corrected chi connectivity index (χ2v) is 9.09. The Kier molecular flexibility index (Phi) is 5.98. The maximum absolute atomic E-state index is 5.48. The fraction of sp³-hybridized carbons (Fsp3) is 0.200. The van der Waals surface area contributed by atoms with Crippen LogP contribution in [0.25, 0.3) is 16.3 Å². The van der Waals surface area contributed by atoms with Gasteiger partial charge in [0.15, 0.2) is 0 Å². The summed E-state index contributed by atoms with van der Waals surface area (Å²) < 4.78 is 8.26. The summed E-state index contributed by atoms with van der Waals surface area (Å²) in [6.45, 7) is 4.17. The number of thiazole rings is 1. The first-order chi connectivity index (χ1) is 14.1. The van der Waals surface area contributed by atoms with E-state index in [4.69, 9.17) is 9.72 Å². The van der Waals surface area contributed by atoms with E-state index in [-0.39, 0.29) is 0 Å². The van der Waals surface area contributed by atoms with Crippen molar-refractivity contribution < 1.29 is 4.74 Å². The first kappa shape index (κ1) is 20.1. The summed E-state index contributed by atoms with van der Waals surface area (Å²) in [7, 11) is 1.67. The van der Waals surface area contributed by atoms with Crippen molar-refractivity contribution in [2.45, 2.75) is 24.8 Å². The smallest absolute Gasteiger partial charge is 0.214 e. The van der Waals surface area contributed by atoms with E-state index in [0.717, 1.165) is 37.3 Å². The monoisotopic (exact) mass is 487 g/mol. The van der Waals surface area contributed by atoms with E-state index < -0.39 is 0 Å². The largest absolute Gasteiger partial charge is 0.496 e. The number of methoxy groups -OCH3 is 1. The van der Waals surface area contributed by atoms with E-state index >= 15 is 0 Å². The Morgan fingerprint density at radius 2 is 2.07 bits per heavy atom. The van der Waals surface area contributed by atoms with Crippen LogP contribution < -0.4 is 4.74 Å². The fourth-order valence-corrected chi connectivity index (χ4v) is 4.95. The molecule has 29 heavy (non-hydrogen) atoms. The van der Waals surface area contributed by atoms with Crippen LogP contribution in [0.4, 0.5) is 0 Å². The number of hydrogen-bond acceptors (Lipinski definition) is 7. The van der Waals surface area contributed by atoms with Crippen LogP contribution in [0.15, 0.2) is 51.4 Å². The number of benzene rings is 2. The molecule has 4 rings (SSSR count). The maximum Gasteiger partial charge on any atom is 0.214 e. The lowest BCUT2D eigenvalue weighted by Gasteiger charge is -2.09. The molecular formula is C20H18BrN5OS2. The van der Waals surface area contributed by atoms with Gasteiger partial charge in [-0.25, -0.2) is 4.98 Å². The lowest BCUT2D eigenvalue weighted by molar-refractivity contribution is 0.416. The summed E-state index contributed by atoms with van der Waals surface area (Å²) in [6.07, 6.45) is 0. The van der Waals surface area contributed by atoms with Gasteiger partial charge in [-0.1, -0.05) is 39.8 Å². The van der Waals surface area contributed by atoms with Crippen molar-refractivity contribution >= 4 is 39.0 Å². The van der Waals surface area contributed by atoms with E-state index in [1.165, 1.54) is 11.1 Å². The summed E-state index contributed by atoms with van der Waals surface area (Å²) in [5.74, 6) is 1.48. The Labute approximate surface area is 185 Å². The fourth-order valence-electron chi connectivity index (χ4n) is 2.87. The predicted molar refractivity (Wildman–Crippen MR) is 120 cm³/mol. The molecule has 0 saturated heterocycles. The molecule has 2 aromatic carbocycles. The molecule has 0 aliphatic carbocycles. The lowest BCUT2D eigenvalue weighted by atomic mass is 10.1. The average Bonchev–Trinajstić information content (AvgIpc) is 3.38. The first-order valence-electron chi connectivity index (χ1n) is 8.83. The Morgan fingerprint density at radius 1 is 1.21 bits per heavy atom. The van der Waals surface area contributed by atoms with Gasteiger partial charge < -0.3 is 4.74 Å². The minimum atomic E-state index is 0.679. The van der Waals surface area contributed by atoms with E-state index in [0.29, 0.717) is 5.75 Å². The molecule has 148 valence electrons. The number of hydrogen-bond donors (Lipinski definition) is 0. The molecule has 2 heterocycles. The van der Waals surface area contributed by atoms with Crippen LogP contribution in [0.2, 0.25) is 0 Å².